The first-order chi connectivity index (χ1) is 9.22. The summed E-state index contributed by atoms with van der Waals surface area (Å²) in [5, 5.41) is 9.12. The average Bonchev–Trinajstić information content (AvgIpc) is 2.43. The summed E-state index contributed by atoms with van der Waals surface area (Å²) in [5.74, 6) is 0. The highest BCUT2D eigenvalue weighted by atomic mass is 35.5. The number of allylic oxidation sites excluding steroid dienone is 2. The Kier molecular flexibility index (Phi) is 32.4. The molecule has 116 valence electrons. The molecular formula is C15H31ClO3. The Morgan fingerprint density at radius 3 is 2.26 bits per heavy atom. The third kappa shape index (κ3) is 31.8. The van der Waals surface area contributed by atoms with Crippen molar-refractivity contribution in [2.24, 2.45) is 0 Å². The van der Waals surface area contributed by atoms with Crippen LogP contribution in [0.2, 0.25) is 0 Å². The van der Waals surface area contributed by atoms with E-state index in [1.807, 2.05) is 33.8 Å². The van der Waals surface area contributed by atoms with E-state index < -0.39 is 6.29 Å². The summed E-state index contributed by atoms with van der Waals surface area (Å²) in [4.78, 5) is 0. The maximum absolute atomic E-state index is 9.12. The van der Waals surface area contributed by atoms with Crippen molar-refractivity contribution in [2.45, 2.75) is 60.2 Å². The van der Waals surface area contributed by atoms with Crippen LogP contribution in [0.3, 0.4) is 0 Å². The SMILES string of the molecule is C/C=C/OCC(O)OCCCC.CC.CC/C=C/Cl. The minimum Gasteiger partial charge on any atom is -0.496 e. The quantitative estimate of drug-likeness (QED) is 0.395. The Morgan fingerprint density at radius 2 is 1.89 bits per heavy atom. The molecule has 0 aliphatic rings. The van der Waals surface area contributed by atoms with Crippen molar-refractivity contribution in [1.82, 2.24) is 0 Å². The smallest absolute Gasteiger partial charge is 0.189 e. The Morgan fingerprint density at radius 1 is 1.26 bits per heavy atom. The van der Waals surface area contributed by atoms with Crippen molar-refractivity contribution < 1.29 is 14.6 Å². The molecule has 0 amide bonds. The molecule has 0 saturated carbocycles. The lowest BCUT2D eigenvalue weighted by Crippen LogP contribution is -2.18. The zero-order valence-corrected chi connectivity index (χ0v) is 13.8. The molecule has 3 nitrogen and oxygen atoms in total. The van der Waals surface area contributed by atoms with Gasteiger partial charge in [0.25, 0.3) is 0 Å². The molecule has 0 rings (SSSR count). The van der Waals surface area contributed by atoms with Gasteiger partial charge in [0.2, 0.25) is 0 Å². The number of unbranched alkanes of at least 4 members (excludes halogenated alkanes) is 1. The normalized spacial score (nSPS) is 11.5. The maximum atomic E-state index is 9.12. The van der Waals surface area contributed by atoms with Gasteiger partial charge in [0.1, 0.15) is 6.61 Å². The van der Waals surface area contributed by atoms with Gasteiger partial charge in [-0.05, 0) is 19.8 Å². The first-order valence-electron chi connectivity index (χ1n) is 7.00. The van der Waals surface area contributed by atoms with Crippen LogP contribution in [0.4, 0.5) is 0 Å². The predicted octanol–water partition coefficient (Wildman–Crippen LogP) is 4.85. The van der Waals surface area contributed by atoms with Gasteiger partial charge < -0.3 is 14.6 Å². The second kappa shape index (κ2) is 26.1. The highest BCUT2D eigenvalue weighted by Crippen LogP contribution is 1.93. The molecule has 0 aliphatic heterocycles. The molecule has 0 radical (unpaired) electrons. The fourth-order valence-electron chi connectivity index (χ4n) is 0.735. The number of rotatable bonds is 8. The van der Waals surface area contributed by atoms with Crippen LogP contribution >= 0.6 is 11.6 Å². The zero-order chi connectivity index (χ0) is 15.4. The minimum absolute atomic E-state index is 0.202. The van der Waals surface area contributed by atoms with Crippen LogP contribution in [-0.4, -0.2) is 24.6 Å². The fourth-order valence-corrected chi connectivity index (χ4v) is 0.913. The van der Waals surface area contributed by atoms with E-state index in [1.165, 1.54) is 11.8 Å². The molecule has 0 saturated heterocycles. The van der Waals surface area contributed by atoms with Crippen molar-refractivity contribution in [1.29, 1.82) is 0 Å². The molecule has 0 bridgehead atoms. The number of ether oxygens (including phenoxy) is 2. The lowest BCUT2D eigenvalue weighted by atomic mass is 10.4. The van der Waals surface area contributed by atoms with Crippen molar-refractivity contribution in [3.05, 3.63) is 23.9 Å². The van der Waals surface area contributed by atoms with Gasteiger partial charge in [-0.15, -0.1) is 0 Å². The summed E-state index contributed by atoms with van der Waals surface area (Å²) in [6.07, 6.45) is 7.46. The minimum atomic E-state index is -0.798. The Balaban J connectivity index is -0.000000307. The molecule has 1 atom stereocenters. The molecule has 1 N–H and O–H groups in total. The highest BCUT2D eigenvalue weighted by Gasteiger charge is 2.01. The highest BCUT2D eigenvalue weighted by molar-refractivity contribution is 6.25. The second-order valence-corrected chi connectivity index (χ2v) is 3.50. The molecule has 4 heteroatoms. The van der Waals surface area contributed by atoms with E-state index in [0.717, 1.165) is 19.3 Å². The van der Waals surface area contributed by atoms with Crippen LogP contribution < -0.4 is 0 Å². The molecule has 0 spiro atoms. The van der Waals surface area contributed by atoms with Gasteiger partial charge >= 0.3 is 0 Å². The number of aliphatic hydroxyl groups excluding tert-OH is 1. The van der Waals surface area contributed by atoms with Gasteiger partial charge in [0.15, 0.2) is 6.29 Å². The van der Waals surface area contributed by atoms with Gasteiger partial charge in [-0.1, -0.05) is 57.9 Å². The molecule has 0 aliphatic carbocycles. The summed E-state index contributed by atoms with van der Waals surface area (Å²) >= 11 is 5.12. The number of hydrogen-bond acceptors (Lipinski definition) is 3. The van der Waals surface area contributed by atoms with Crippen molar-refractivity contribution in [2.75, 3.05) is 13.2 Å². The van der Waals surface area contributed by atoms with Gasteiger partial charge in [0, 0.05) is 12.1 Å². The van der Waals surface area contributed by atoms with E-state index in [1.54, 1.807) is 6.08 Å². The second-order valence-electron chi connectivity index (χ2n) is 3.25. The Bertz CT molecular complexity index is 182. The first kappa shape index (κ1) is 23.6. The number of halogens is 1. The molecule has 0 fully saturated rings. The fraction of sp³-hybridized carbons (Fsp3) is 0.733. The topological polar surface area (TPSA) is 38.7 Å². The Labute approximate surface area is 124 Å². The molecule has 19 heavy (non-hydrogen) atoms. The zero-order valence-electron chi connectivity index (χ0n) is 13.1. The van der Waals surface area contributed by atoms with Crippen molar-refractivity contribution >= 4 is 11.6 Å². The first-order valence-corrected chi connectivity index (χ1v) is 7.44. The summed E-state index contributed by atoms with van der Waals surface area (Å²) < 4.78 is 9.95. The van der Waals surface area contributed by atoms with Crippen LogP contribution in [-0.2, 0) is 9.47 Å². The van der Waals surface area contributed by atoms with Gasteiger partial charge in [-0.2, -0.15) is 0 Å². The van der Waals surface area contributed by atoms with Crippen molar-refractivity contribution in [3.8, 4) is 0 Å². The monoisotopic (exact) mass is 294 g/mol. The van der Waals surface area contributed by atoms with Gasteiger partial charge in [-0.25, -0.2) is 0 Å². The van der Waals surface area contributed by atoms with E-state index in [-0.39, 0.29) is 6.61 Å². The maximum Gasteiger partial charge on any atom is 0.189 e. The lowest BCUT2D eigenvalue weighted by molar-refractivity contribution is -0.126. The van der Waals surface area contributed by atoms with Gasteiger partial charge in [0.05, 0.1) is 6.26 Å². The Hall–Kier alpha value is -0.510. The van der Waals surface area contributed by atoms with Crippen LogP contribution in [0.15, 0.2) is 23.9 Å². The molecule has 1 unspecified atom stereocenters. The molecule has 0 aromatic rings. The standard InChI is InChI=1S/C9H18O3.C4H7Cl.C2H6/c1-3-5-7-12-9(10)8-11-6-4-2;1-2-3-4-5;1-2/h4,6,9-10H,3,5,7-8H2,1-2H3;3-4H,2H2,1H3;1-2H3/b6-4+;4-3+;. The van der Waals surface area contributed by atoms with E-state index in [2.05, 4.69) is 6.92 Å². The lowest BCUT2D eigenvalue weighted by Gasteiger charge is -2.10. The van der Waals surface area contributed by atoms with Crippen LogP contribution in [0, 0.1) is 0 Å². The third-order valence-corrected chi connectivity index (χ3v) is 1.78. The van der Waals surface area contributed by atoms with E-state index in [4.69, 9.17) is 26.2 Å². The summed E-state index contributed by atoms with van der Waals surface area (Å²) in [7, 11) is 0. The molecule has 0 aromatic heterocycles. The molecule has 0 aromatic carbocycles. The summed E-state index contributed by atoms with van der Waals surface area (Å²) in [5.41, 5.74) is 1.53. The van der Waals surface area contributed by atoms with Crippen LogP contribution in [0.25, 0.3) is 0 Å². The van der Waals surface area contributed by atoms with Crippen LogP contribution in [0.5, 0.6) is 0 Å². The predicted molar refractivity (Wildman–Crippen MR) is 84.3 cm³/mol. The molecular weight excluding hydrogens is 264 g/mol. The number of aliphatic hydroxyl groups is 1. The van der Waals surface area contributed by atoms with E-state index in [9.17, 15) is 0 Å². The summed E-state index contributed by atoms with van der Waals surface area (Å²) in [6.45, 7) is 10.8. The number of hydrogen-bond donors (Lipinski definition) is 1. The average molecular weight is 295 g/mol. The largest absolute Gasteiger partial charge is 0.496 e. The molecule has 0 heterocycles. The van der Waals surface area contributed by atoms with E-state index >= 15 is 0 Å². The van der Waals surface area contributed by atoms with Crippen LogP contribution in [0.1, 0.15) is 53.9 Å². The van der Waals surface area contributed by atoms with Gasteiger partial charge in [-0.3, -0.25) is 0 Å². The summed E-state index contributed by atoms with van der Waals surface area (Å²) in [6, 6.07) is 0. The van der Waals surface area contributed by atoms with E-state index in [0.29, 0.717) is 6.61 Å². The third-order valence-electron chi connectivity index (χ3n) is 1.60. The van der Waals surface area contributed by atoms with Crippen molar-refractivity contribution in [3.63, 3.8) is 0 Å².